The minimum absolute atomic E-state index is 0.00269. The average molecular weight is 383 g/mol. The van der Waals surface area contributed by atoms with Gasteiger partial charge in [-0.3, -0.25) is 9.59 Å². The van der Waals surface area contributed by atoms with E-state index in [0.29, 0.717) is 17.1 Å². The number of carbonyl (C=O) groups is 3. The number of hydrogen-bond acceptors (Lipinski definition) is 7. The molecule has 11 heteroatoms. The van der Waals surface area contributed by atoms with Crippen LogP contribution in [0.3, 0.4) is 0 Å². The molecule has 130 valence electrons. The van der Waals surface area contributed by atoms with E-state index < -0.39 is 24.2 Å². The van der Waals surface area contributed by atoms with E-state index in [9.17, 15) is 14.4 Å². The quantitative estimate of drug-likeness (QED) is 0.362. The largest absolute Gasteiger partial charge is 0.476 e. The Balaban J connectivity index is 1.97. The molecule has 1 aromatic heterocycles. The number of carboxylic acids is 1. The van der Waals surface area contributed by atoms with Crippen molar-refractivity contribution >= 4 is 57.8 Å². The molecule has 0 atom stereocenters. The van der Waals surface area contributed by atoms with Crippen LogP contribution in [0.5, 0.6) is 0 Å². The van der Waals surface area contributed by atoms with Gasteiger partial charge in [0.1, 0.15) is 5.69 Å². The van der Waals surface area contributed by atoms with Crippen molar-refractivity contribution in [1.82, 2.24) is 4.98 Å². The van der Waals surface area contributed by atoms with Crippen LogP contribution >= 0.6 is 22.9 Å². The lowest BCUT2D eigenvalue weighted by atomic mass is 10.3. The van der Waals surface area contributed by atoms with Crippen LogP contribution in [0, 0.1) is 0 Å². The molecule has 0 spiro atoms. The number of rotatable bonds is 8. The second-order valence-corrected chi connectivity index (χ2v) is 5.67. The van der Waals surface area contributed by atoms with Crippen LogP contribution in [0.2, 0.25) is 5.02 Å². The Kier molecular flexibility index (Phi) is 6.43. The van der Waals surface area contributed by atoms with Crippen LogP contribution in [0.15, 0.2) is 34.8 Å². The fraction of sp³-hybridized carbons (Fsp3) is 0.0714. The molecule has 2 aromatic rings. The maximum atomic E-state index is 11.7. The first-order valence-corrected chi connectivity index (χ1v) is 7.90. The normalized spacial score (nSPS) is 10.8. The molecule has 0 saturated carbocycles. The van der Waals surface area contributed by atoms with E-state index in [2.05, 4.69) is 20.8 Å². The zero-order valence-electron chi connectivity index (χ0n) is 12.4. The summed E-state index contributed by atoms with van der Waals surface area (Å²) in [5.41, 5.74) is -0.0320. The summed E-state index contributed by atoms with van der Waals surface area (Å²) in [6.45, 7) is -0.507. The highest BCUT2D eigenvalue weighted by Gasteiger charge is 2.18. The molecule has 0 aliphatic rings. The number of aliphatic carboxylic acids is 1. The smallest absolute Gasteiger partial charge is 0.360 e. The molecule has 0 bridgehead atoms. The first-order chi connectivity index (χ1) is 12.0. The van der Waals surface area contributed by atoms with E-state index in [0.717, 1.165) is 11.3 Å². The van der Waals surface area contributed by atoms with E-state index in [1.165, 1.54) is 5.38 Å². The van der Waals surface area contributed by atoms with Gasteiger partial charge in [0.05, 0.1) is 0 Å². The third-order valence-electron chi connectivity index (χ3n) is 2.59. The zero-order valence-corrected chi connectivity index (χ0v) is 14.0. The summed E-state index contributed by atoms with van der Waals surface area (Å²) in [7, 11) is 0. The molecular formula is C14H11ClN4O5S. The number of hydrogen-bond donors (Lipinski definition) is 3. The van der Waals surface area contributed by atoms with Crippen LogP contribution in [0.25, 0.3) is 0 Å². The number of halogens is 1. The average Bonchev–Trinajstić information content (AvgIpc) is 2.99. The number of nitrogens with zero attached hydrogens (tertiary/aromatic N) is 2. The van der Waals surface area contributed by atoms with Crippen molar-refractivity contribution < 1.29 is 24.3 Å². The number of oxime groups is 1. The minimum Gasteiger partial charge on any atom is -0.476 e. The molecule has 2 rings (SSSR count). The molecule has 0 fully saturated rings. The summed E-state index contributed by atoms with van der Waals surface area (Å²) in [4.78, 5) is 41.9. The monoisotopic (exact) mass is 382 g/mol. The molecule has 0 aliphatic carbocycles. The number of carboxylic acid groups (broad SMARTS) is 1. The number of carbonyl (C=O) groups excluding carboxylic acids is 2. The summed E-state index contributed by atoms with van der Waals surface area (Å²) in [5.74, 6) is -1.93. The van der Waals surface area contributed by atoms with Crippen molar-refractivity contribution in [3.8, 4) is 0 Å². The van der Waals surface area contributed by atoms with Crippen molar-refractivity contribution in [2.45, 2.75) is 0 Å². The van der Waals surface area contributed by atoms with Gasteiger partial charge in [0.15, 0.2) is 11.7 Å². The third kappa shape index (κ3) is 5.55. The van der Waals surface area contributed by atoms with E-state index >= 15 is 0 Å². The lowest BCUT2D eigenvalue weighted by Crippen LogP contribution is -2.20. The Hall–Kier alpha value is -2.98. The summed E-state index contributed by atoms with van der Waals surface area (Å²) in [5, 5.41) is 19.4. The van der Waals surface area contributed by atoms with Crippen LogP contribution < -0.4 is 10.6 Å². The van der Waals surface area contributed by atoms with Gasteiger partial charge in [0.2, 0.25) is 12.1 Å². The second kappa shape index (κ2) is 8.76. The van der Waals surface area contributed by atoms with Crippen LogP contribution in [0.1, 0.15) is 5.69 Å². The standard InChI is InChI=1S/C14H11ClN4O5S/c15-8-2-1-3-9(4-8)17-11(21)5-24-19-12(13(22)23)10-6-25-14(18-10)16-7-20/h1-4,6-7H,5H2,(H,17,21)(H,22,23)(H,16,18,20). The Bertz CT molecular complexity index is 823. The number of benzene rings is 1. The highest BCUT2D eigenvalue weighted by molar-refractivity contribution is 7.14. The predicted octanol–water partition coefficient (Wildman–Crippen LogP) is 1.81. The van der Waals surface area contributed by atoms with Gasteiger partial charge in [-0.15, -0.1) is 11.3 Å². The molecule has 0 unspecified atom stereocenters. The van der Waals surface area contributed by atoms with Gasteiger partial charge in [-0.25, -0.2) is 9.78 Å². The summed E-state index contributed by atoms with van der Waals surface area (Å²) >= 11 is 6.82. The molecular weight excluding hydrogens is 372 g/mol. The summed E-state index contributed by atoms with van der Waals surface area (Å²) in [6, 6.07) is 6.49. The fourth-order valence-corrected chi connectivity index (χ4v) is 2.46. The second-order valence-electron chi connectivity index (χ2n) is 4.38. The van der Waals surface area contributed by atoms with Gasteiger partial charge in [0, 0.05) is 16.1 Å². The molecule has 9 nitrogen and oxygen atoms in total. The summed E-state index contributed by atoms with van der Waals surface area (Å²) in [6.07, 6.45) is 0.414. The minimum atomic E-state index is -1.39. The molecule has 1 heterocycles. The van der Waals surface area contributed by atoms with Crippen molar-refractivity contribution in [2.75, 3.05) is 17.2 Å². The topological polar surface area (TPSA) is 130 Å². The lowest BCUT2D eigenvalue weighted by molar-refractivity contribution is -0.130. The molecule has 0 saturated heterocycles. The van der Waals surface area contributed by atoms with Crippen molar-refractivity contribution in [1.29, 1.82) is 0 Å². The molecule has 0 radical (unpaired) electrons. The van der Waals surface area contributed by atoms with Crippen molar-refractivity contribution in [3.05, 3.63) is 40.4 Å². The highest BCUT2D eigenvalue weighted by Crippen LogP contribution is 2.16. The highest BCUT2D eigenvalue weighted by atomic mass is 35.5. The summed E-state index contributed by atoms with van der Waals surface area (Å²) < 4.78 is 0. The maximum Gasteiger partial charge on any atom is 0.360 e. The molecule has 2 amide bonds. The molecule has 0 aliphatic heterocycles. The lowest BCUT2D eigenvalue weighted by Gasteiger charge is -2.05. The van der Waals surface area contributed by atoms with E-state index in [1.54, 1.807) is 24.3 Å². The van der Waals surface area contributed by atoms with E-state index in [4.69, 9.17) is 21.5 Å². The Morgan fingerprint density at radius 1 is 1.44 bits per heavy atom. The molecule has 3 N–H and O–H groups in total. The predicted molar refractivity (Wildman–Crippen MR) is 92.0 cm³/mol. The van der Waals surface area contributed by atoms with Gasteiger partial charge in [-0.1, -0.05) is 22.8 Å². The molecule has 1 aromatic carbocycles. The van der Waals surface area contributed by atoms with Crippen molar-refractivity contribution in [3.63, 3.8) is 0 Å². The Labute approximate surface area is 150 Å². The number of aromatic nitrogens is 1. The van der Waals surface area contributed by atoms with Crippen molar-refractivity contribution in [2.24, 2.45) is 5.16 Å². The van der Waals surface area contributed by atoms with Crippen LogP contribution in [-0.2, 0) is 19.2 Å². The Morgan fingerprint density at radius 2 is 2.24 bits per heavy atom. The van der Waals surface area contributed by atoms with Gasteiger partial charge in [-0.05, 0) is 18.2 Å². The fourth-order valence-electron chi connectivity index (χ4n) is 1.61. The SMILES string of the molecule is O=CNc1nc(C(=NOCC(=O)Nc2cccc(Cl)c2)C(=O)O)cs1. The number of anilines is 2. The first-order valence-electron chi connectivity index (χ1n) is 6.64. The van der Waals surface area contributed by atoms with Crippen LogP contribution in [-0.4, -0.2) is 40.7 Å². The van der Waals surface area contributed by atoms with Gasteiger partial charge in [-0.2, -0.15) is 0 Å². The molecule has 25 heavy (non-hydrogen) atoms. The third-order valence-corrected chi connectivity index (χ3v) is 3.60. The number of thiazole rings is 1. The Morgan fingerprint density at radius 3 is 2.92 bits per heavy atom. The first kappa shape index (κ1) is 18.4. The van der Waals surface area contributed by atoms with E-state index in [1.807, 2.05) is 0 Å². The van der Waals surface area contributed by atoms with E-state index in [-0.39, 0.29) is 10.8 Å². The zero-order chi connectivity index (χ0) is 18.2. The van der Waals surface area contributed by atoms with Gasteiger partial charge in [0.25, 0.3) is 5.91 Å². The van der Waals surface area contributed by atoms with Gasteiger partial charge >= 0.3 is 5.97 Å². The van der Waals surface area contributed by atoms with Crippen LogP contribution in [0.4, 0.5) is 10.8 Å². The number of amides is 2. The van der Waals surface area contributed by atoms with Gasteiger partial charge < -0.3 is 20.6 Å². The number of nitrogens with one attached hydrogen (secondary N) is 2. The maximum absolute atomic E-state index is 11.7.